The van der Waals surface area contributed by atoms with Gasteiger partial charge in [0.1, 0.15) is 0 Å². The molecule has 2 N–H and O–H groups in total. The first-order valence-corrected chi connectivity index (χ1v) is 7.25. The molecule has 3 rings (SSSR count). The Morgan fingerprint density at radius 2 is 2.00 bits per heavy atom. The molecule has 1 aromatic carbocycles. The van der Waals surface area contributed by atoms with E-state index < -0.39 is 0 Å². The predicted molar refractivity (Wildman–Crippen MR) is 73.9 cm³/mol. The lowest BCUT2D eigenvalue weighted by molar-refractivity contribution is -0.126. The van der Waals surface area contributed by atoms with E-state index in [-0.39, 0.29) is 24.0 Å². The lowest BCUT2D eigenvalue weighted by atomic mass is 9.75. The van der Waals surface area contributed by atoms with Crippen molar-refractivity contribution in [3.05, 3.63) is 35.4 Å². The third kappa shape index (κ3) is 2.27. The zero-order valence-electron chi connectivity index (χ0n) is 11.2. The van der Waals surface area contributed by atoms with Crippen LogP contribution in [0.5, 0.6) is 0 Å². The van der Waals surface area contributed by atoms with Crippen LogP contribution >= 0.6 is 0 Å². The van der Waals surface area contributed by atoms with Gasteiger partial charge in [0.25, 0.3) is 0 Å². The normalized spacial score (nSPS) is 24.2. The van der Waals surface area contributed by atoms with Crippen molar-refractivity contribution in [2.24, 2.45) is 0 Å². The summed E-state index contributed by atoms with van der Waals surface area (Å²) in [6.45, 7) is 0.0626. The molecule has 102 valence electrons. The molecule has 0 heterocycles. The number of nitrogens with one attached hydrogen (secondary N) is 1. The van der Waals surface area contributed by atoms with Crippen molar-refractivity contribution in [2.45, 2.75) is 50.0 Å². The van der Waals surface area contributed by atoms with E-state index in [1.54, 1.807) is 0 Å². The quantitative estimate of drug-likeness (QED) is 0.873. The SMILES string of the molecule is O=C(NC1(CO)CCCCC1)C1Cc2ccccc21. The summed E-state index contributed by atoms with van der Waals surface area (Å²) in [6.07, 6.45) is 6.06. The minimum absolute atomic E-state index is 0.0125. The summed E-state index contributed by atoms with van der Waals surface area (Å²) in [5, 5.41) is 12.8. The molecule has 0 spiro atoms. The number of carbonyl (C=O) groups excluding carboxylic acids is 1. The van der Waals surface area contributed by atoms with Gasteiger partial charge < -0.3 is 10.4 Å². The number of hydrogen-bond acceptors (Lipinski definition) is 2. The fourth-order valence-corrected chi connectivity index (χ4v) is 3.39. The molecule has 1 atom stereocenters. The summed E-state index contributed by atoms with van der Waals surface area (Å²) >= 11 is 0. The van der Waals surface area contributed by atoms with E-state index in [9.17, 15) is 9.90 Å². The zero-order chi connectivity index (χ0) is 13.3. The maximum Gasteiger partial charge on any atom is 0.228 e. The molecule has 19 heavy (non-hydrogen) atoms. The average molecular weight is 259 g/mol. The highest BCUT2D eigenvalue weighted by Gasteiger charge is 2.38. The van der Waals surface area contributed by atoms with Crippen LogP contribution in [0.1, 0.15) is 49.1 Å². The second-order valence-electron chi connectivity index (χ2n) is 5.94. The Labute approximate surface area is 114 Å². The predicted octanol–water partition coefficient (Wildman–Crippen LogP) is 2.14. The number of benzene rings is 1. The zero-order valence-corrected chi connectivity index (χ0v) is 11.2. The van der Waals surface area contributed by atoms with Crippen molar-refractivity contribution in [2.75, 3.05) is 6.61 Å². The molecule has 1 aromatic rings. The van der Waals surface area contributed by atoms with Crippen molar-refractivity contribution in [1.82, 2.24) is 5.32 Å². The maximum atomic E-state index is 12.4. The number of carbonyl (C=O) groups is 1. The number of rotatable bonds is 3. The van der Waals surface area contributed by atoms with E-state index in [1.165, 1.54) is 12.0 Å². The van der Waals surface area contributed by atoms with Gasteiger partial charge >= 0.3 is 0 Å². The summed E-state index contributed by atoms with van der Waals surface area (Å²) < 4.78 is 0. The molecule has 0 bridgehead atoms. The van der Waals surface area contributed by atoms with Crippen LogP contribution in [0.15, 0.2) is 24.3 Å². The van der Waals surface area contributed by atoms with E-state index in [1.807, 2.05) is 18.2 Å². The smallest absolute Gasteiger partial charge is 0.228 e. The number of amides is 1. The van der Waals surface area contributed by atoms with Gasteiger partial charge in [-0.3, -0.25) is 4.79 Å². The Hall–Kier alpha value is -1.35. The van der Waals surface area contributed by atoms with Gasteiger partial charge in [-0.1, -0.05) is 43.5 Å². The molecular weight excluding hydrogens is 238 g/mol. The molecule has 0 radical (unpaired) electrons. The van der Waals surface area contributed by atoms with Gasteiger partial charge in [0.2, 0.25) is 5.91 Å². The van der Waals surface area contributed by atoms with Crippen LogP contribution in [-0.4, -0.2) is 23.2 Å². The maximum absolute atomic E-state index is 12.4. The third-order valence-electron chi connectivity index (χ3n) is 4.67. The molecule has 0 aliphatic heterocycles. The van der Waals surface area contributed by atoms with Gasteiger partial charge in [0.05, 0.1) is 18.1 Å². The van der Waals surface area contributed by atoms with E-state index in [0.29, 0.717) is 0 Å². The highest BCUT2D eigenvalue weighted by atomic mass is 16.3. The van der Waals surface area contributed by atoms with Crippen molar-refractivity contribution in [3.63, 3.8) is 0 Å². The molecule has 3 heteroatoms. The standard InChI is InChI=1S/C16H21NO2/c18-11-16(8-4-1-5-9-16)17-15(19)14-10-12-6-2-3-7-13(12)14/h2-3,6-7,14,18H,1,4-5,8-11H2,(H,17,19). The van der Waals surface area contributed by atoms with Crippen LogP contribution in [0, 0.1) is 0 Å². The van der Waals surface area contributed by atoms with Crippen LogP contribution in [-0.2, 0) is 11.2 Å². The van der Waals surface area contributed by atoms with E-state index >= 15 is 0 Å². The van der Waals surface area contributed by atoms with Gasteiger partial charge in [-0.05, 0) is 30.4 Å². The summed E-state index contributed by atoms with van der Waals surface area (Å²) in [5.74, 6) is 0.0798. The van der Waals surface area contributed by atoms with Gasteiger partial charge in [0, 0.05) is 0 Å². The van der Waals surface area contributed by atoms with Gasteiger partial charge in [-0.25, -0.2) is 0 Å². The molecule has 2 aliphatic rings. The number of fused-ring (bicyclic) bond motifs is 1. The fraction of sp³-hybridized carbons (Fsp3) is 0.562. The van der Waals surface area contributed by atoms with Crippen LogP contribution in [0.2, 0.25) is 0 Å². The Morgan fingerprint density at radius 3 is 2.68 bits per heavy atom. The van der Waals surface area contributed by atoms with Crippen molar-refractivity contribution >= 4 is 5.91 Å². The largest absolute Gasteiger partial charge is 0.394 e. The summed E-state index contributed by atoms with van der Waals surface area (Å²) in [5.41, 5.74) is 2.08. The van der Waals surface area contributed by atoms with Gasteiger partial charge in [0.15, 0.2) is 0 Å². The molecule has 1 fully saturated rings. The highest BCUT2D eigenvalue weighted by Crippen LogP contribution is 2.36. The van der Waals surface area contributed by atoms with Crippen molar-refractivity contribution in [1.29, 1.82) is 0 Å². The first-order valence-electron chi connectivity index (χ1n) is 7.25. The molecule has 1 unspecified atom stereocenters. The molecule has 1 amide bonds. The Morgan fingerprint density at radius 1 is 1.26 bits per heavy atom. The monoisotopic (exact) mass is 259 g/mol. The summed E-state index contributed by atoms with van der Waals surface area (Å²) in [7, 11) is 0. The van der Waals surface area contributed by atoms with Crippen LogP contribution in [0.3, 0.4) is 0 Å². The number of aliphatic hydroxyl groups is 1. The minimum Gasteiger partial charge on any atom is -0.394 e. The Kier molecular flexibility index (Phi) is 3.31. The highest BCUT2D eigenvalue weighted by molar-refractivity contribution is 5.87. The van der Waals surface area contributed by atoms with Crippen molar-refractivity contribution in [3.8, 4) is 0 Å². The first kappa shape index (κ1) is 12.7. The lowest BCUT2D eigenvalue weighted by Gasteiger charge is -2.39. The molecule has 3 nitrogen and oxygen atoms in total. The molecule has 1 saturated carbocycles. The Balaban J connectivity index is 1.69. The fourth-order valence-electron chi connectivity index (χ4n) is 3.39. The van der Waals surface area contributed by atoms with Crippen LogP contribution in [0.4, 0.5) is 0 Å². The molecule has 2 aliphatic carbocycles. The summed E-state index contributed by atoms with van der Waals surface area (Å²) in [4.78, 5) is 12.4. The lowest BCUT2D eigenvalue weighted by Crippen LogP contribution is -2.54. The summed E-state index contributed by atoms with van der Waals surface area (Å²) in [6, 6.07) is 8.13. The van der Waals surface area contributed by atoms with E-state index in [0.717, 1.165) is 37.7 Å². The van der Waals surface area contributed by atoms with Gasteiger partial charge in [-0.2, -0.15) is 0 Å². The van der Waals surface area contributed by atoms with E-state index in [2.05, 4.69) is 11.4 Å². The van der Waals surface area contributed by atoms with Crippen LogP contribution < -0.4 is 5.32 Å². The number of aliphatic hydroxyl groups excluding tert-OH is 1. The van der Waals surface area contributed by atoms with Crippen molar-refractivity contribution < 1.29 is 9.90 Å². The first-order chi connectivity index (χ1) is 9.24. The second kappa shape index (κ2) is 4.97. The number of hydrogen-bond donors (Lipinski definition) is 2. The Bertz CT molecular complexity index is 477. The van der Waals surface area contributed by atoms with Crippen LogP contribution in [0.25, 0.3) is 0 Å². The third-order valence-corrected chi connectivity index (χ3v) is 4.67. The second-order valence-corrected chi connectivity index (χ2v) is 5.94. The molecular formula is C16H21NO2. The van der Waals surface area contributed by atoms with Gasteiger partial charge in [-0.15, -0.1) is 0 Å². The van der Waals surface area contributed by atoms with E-state index in [4.69, 9.17) is 0 Å². The average Bonchev–Trinajstić information content (AvgIpc) is 2.41. The molecule has 0 aromatic heterocycles. The topological polar surface area (TPSA) is 49.3 Å². The minimum atomic E-state index is -0.361. The molecule has 0 saturated heterocycles.